The molecule has 0 spiro atoms. The Hall–Kier alpha value is -8.64. The van der Waals surface area contributed by atoms with Gasteiger partial charge >= 0.3 is 11.9 Å². The highest BCUT2D eigenvalue weighted by molar-refractivity contribution is 8.00. The molecular formula is C61H52ClN5O10S2. The number of esters is 2. The maximum absolute atomic E-state index is 15.0. The molecule has 0 saturated carbocycles. The fourth-order valence-electron chi connectivity index (χ4n) is 9.52. The summed E-state index contributed by atoms with van der Waals surface area (Å²) >= 11 is 8.97. The quantitative estimate of drug-likeness (QED) is 0.0107. The van der Waals surface area contributed by atoms with Gasteiger partial charge in [0.25, 0.3) is 5.91 Å². The van der Waals surface area contributed by atoms with Gasteiger partial charge in [0, 0.05) is 29.1 Å². The lowest BCUT2D eigenvalue weighted by molar-refractivity contribution is -0.162. The lowest BCUT2D eigenvalue weighted by atomic mass is 9.77. The Bertz CT molecular complexity index is 3320. The summed E-state index contributed by atoms with van der Waals surface area (Å²) in [5, 5.41) is 33.4. The number of methoxy groups -OCH3 is 1. The Labute approximate surface area is 468 Å². The molecule has 18 heteroatoms. The second-order valence-corrected chi connectivity index (χ2v) is 21.0. The molecular weight excluding hydrogens is 1060 g/mol. The molecule has 400 valence electrons. The van der Waals surface area contributed by atoms with E-state index in [-0.39, 0.29) is 36.0 Å². The van der Waals surface area contributed by atoms with Gasteiger partial charge in [0.05, 0.1) is 7.11 Å². The number of amides is 2. The fourth-order valence-corrected chi connectivity index (χ4v) is 12.2. The van der Waals surface area contributed by atoms with Crippen LogP contribution in [0.2, 0.25) is 0 Å². The third kappa shape index (κ3) is 11.4. The summed E-state index contributed by atoms with van der Waals surface area (Å²) in [6, 6.07) is 57.4. The number of thiazole rings is 1. The van der Waals surface area contributed by atoms with E-state index in [9.17, 15) is 29.4 Å². The number of carbonyl (C=O) groups excluding carboxylic acids is 4. The van der Waals surface area contributed by atoms with E-state index >= 15 is 0 Å². The number of nitrogens with one attached hydrogen (secondary N) is 2. The van der Waals surface area contributed by atoms with Crippen LogP contribution in [0.3, 0.4) is 0 Å². The van der Waals surface area contributed by atoms with E-state index in [1.54, 1.807) is 36.8 Å². The molecule has 2 saturated heterocycles. The van der Waals surface area contributed by atoms with E-state index in [1.165, 1.54) is 40.1 Å². The molecule has 4 atom stereocenters. The van der Waals surface area contributed by atoms with Gasteiger partial charge in [0.2, 0.25) is 12.0 Å². The van der Waals surface area contributed by atoms with Crippen LogP contribution in [0, 0.1) is 5.41 Å². The molecule has 4 N–H and O–H groups in total. The van der Waals surface area contributed by atoms with Crippen LogP contribution in [-0.4, -0.2) is 86.3 Å². The van der Waals surface area contributed by atoms with Gasteiger partial charge in [0.15, 0.2) is 28.4 Å². The lowest BCUT2D eigenvalue weighted by Crippen LogP contribution is -2.74. The van der Waals surface area contributed by atoms with Crippen molar-refractivity contribution in [3.8, 4) is 17.2 Å². The minimum absolute atomic E-state index is 0.0147. The first-order valence-corrected chi connectivity index (χ1v) is 27.5. The first-order valence-electron chi connectivity index (χ1n) is 25.1. The number of phenols is 2. The third-order valence-electron chi connectivity index (χ3n) is 13.7. The Morgan fingerprint density at radius 3 is 1.89 bits per heavy atom. The summed E-state index contributed by atoms with van der Waals surface area (Å²) in [7, 11) is 1.56. The summed E-state index contributed by atoms with van der Waals surface area (Å²) in [5.74, 6) is -3.17. The molecule has 2 unspecified atom stereocenters. The number of aromatic nitrogens is 1. The molecule has 7 aromatic carbocycles. The number of β-lactam (4-membered cyclic amide) rings is 1. The number of hydrogen-bond donors (Lipinski definition) is 4. The van der Waals surface area contributed by atoms with Gasteiger partial charge in [-0.2, -0.15) is 0 Å². The van der Waals surface area contributed by atoms with Crippen molar-refractivity contribution < 1.29 is 48.4 Å². The average Bonchev–Trinajstić information content (AvgIpc) is 4.08. The van der Waals surface area contributed by atoms with Crippen LogP contribution in [0.4, 0.5) is 5.13 Å². The minimum atomic E-state index is -1.75. The molecule has 8 aromatic rings. The predicted octanol–water partition coefficient (Wildman–Crippen LogP) is 10.1. The zero-order valence-electron chi connectivity index (χ0n) is 42.4. The Morgan fingerprint density at radius 2 is 1.34 bits per heavy atom. The molecule has 2 amide bonds. The molecule has 0 aliphatic carbocycles. The zero-order chi connectivity index (χ0) is 54.9. The largest absolute Gasteiger partial charge is 0.504 e. The van der Waals surface area contributed by atoms with Crippen molar-refractivity contribution >= 4 is 69.3 Å². The van der Waals surface area contributed by atoms with Crippen LogP contribution < -0.4 is 15.4 Å². The van der Waals surface area contributed by atoms with Crippen LogP contribution in [-0.2, 0) is 45.6 Å². The number of anilines is 1. The van der Waals surface area contributed by atoms with Crippen LogP contribution in [0.1, 0.15) is 56.8 Å². The van der Waals surface area contributed by atoms with Crippen molar-refractivity contribution in [2.24, 2.45) is 10.6 Å². The predicted molar refractivity (Wildman–Crippen MR) is 302 cm³/mol. The van der Waals surface area contributed by atoms with Gasteiger partial charge in [-0.25, -0.2) is 9.78 Å². The minimum Gasteiger partial charge on any atom is -0.504 e. The summed E-state index contributed by atoms with van der Waals surface area (Å²) in [5.41, 5.74) is 2.08. The maximum atomic E-state index is 15.0. The van der Waals surface area contributed by atoms with E-state index in [1.807, 2.05) is 152 Å². The van der Waals surface area contributed by atoms with E-state index < -0.39 is 75.5 Å². The van der Waals surface area contributed by atoms with Crippen molar-refractivity contribution in [2.75, 3.05) is 30.6 Å². The van der Waals surface area contributed by atoms with Crippen LogP contribution in [0.15, 0.2) is 205 Å². The molecule has 2 aliphatic rings. The topological polar surface area (TPSA) is 198 Å². The Kier molecular flexibility index (Phi) is 16.3. The second-order valence-electron chi connectivity index (χ2n) is 18.8. The van der Waals surface area contributed by atoms with E-state index in [0.717, 1.165) is 28.3 Å². The van der Waals surface area contributed by atoms with Gasteiger partial charge in [-0.05, 0) is 57.6 Å². The van der Waals surface area contributed by atoms with Gasteiger partial charge < -0.3 is 44.8 Å². The summed E-state index contributed by atoms with van der Waals surface area (Å²) in [6.45, 7) is -0.0622. The van der Waals surface area contributed by atoms with Gasteiger partial charge in [-0.15, -0.1) is 34.7 Å². The Morgan fingerprint density at radius 1 is 0.772 bits per heavy atom. The van der Waals surface area contributed by atoms with Crippen LogP contribution >= 0.6 is 34.7 Å². The van der Waals surface area contributed by atoms with Crippen molar-refractivity contribution in [2.45, 2.75) is 35.8 Å². The molecule has 10 rings (SSSR count). The highest BCUT2D eigenvalue weighted by atomic mass is 35.5. The Balaban J connectivity index is 0.986. The number of benzene rings is 7. The molecule has 15 nitrogen and oxygen atoms in total. The number of phenolic OH excluding ortho intramolecular Hbond substituents is 2. The third-order valence-corrected chi connectivity index (χ3v) is 16.6. The molecule has 2 fully saturated rings. The number of oxime groups is 1. The van der Waals surface area contributed by atoms with Crippen molar-refractivity contribution in [1.82, 2.24) is 15.2 Å². The molecule has 3 heterocycles. The second kappa shape index (κ2) is 23.9. The molecule has 2 aliphatic heterocycles. The number of halogens is 1. The van der Waals surface area contributed by atoms with Gasteiger partial charge in [-0.1, -0.05) is 175 Å². The molecule has 0 radical (unpaired) electrons. The van der Waals surface area contributed by atoms with Crippen molar-refractivity contribution in [3.63, 3.8) is 0 Å². The maximum Gasteiger partial charge on any atom is 0.355 e. The van der Waals surface area contributed by atoms with Crippen molar-refractivity contribution in [3.05, 3.63) is 244 Å². The van der Waals surface area contributed by atoms with E-state index in [2.05, 4.69) is 15.8 Å². The molecule has 79 heavy (non-hydrogen) atoms. The van der Waals surface area contributed by atoms with Crippen molar-refractivity contribution in [1.29, 1.82) is 0 Å². The standard InChI is InChI=1S/C61H52ClN5O10S2/c1-74-46-30-27-39(28-31-46)34-75-58(73)60(36-62)37-67-55(71)51(56(67)79-38-60)64-54(70)50(47-35-78-59(63-47)65-61(43-21-11-4-12-22-43,44-23-13-5-14-24-44)45-25-15-6-16-26-45)66-77-53(42-29-32-48(68)49(69)33-42)57(72)76-52(40-17-7-2-8-18-40)41-19-9-3-10-20-41/h2-33,35,51-53,56,68-69H,34,36-38H2,1H3,(H,63,65)(H,64,70)/t51?,53-,56-,60?/m1/s1. The number of fused-ring (bicyclic) bond motifs is 1. The number of rotatable bonds is 20. The first-order chi connectivity index (χ1) is 38.5. The molecule has 1 aromatic heterocycles. The SMILES string of the molecule is COc1ccc(COC(=O)C2(CCl)CS[C@@H]3C(NC(=O)C(=NO[C@@H](C(=O)OC(c4ccccc4)c4ccccc4)c4ccc(O)c(O)c4)c4csc(NC(c5ccccc5)(c5ccccc5)c5ccccc5)n4)C(=O)N3C2)cc1. The van der Waals surface area contributed by atoms with Crippen LogP contribution in [0.25, 0.3) is 0 Å². The number of ether oxygens (including phenoxy) is 3. The van der Waals surface area contributed by atoms with Gasteiger partial charge in [-0.3, -0.25) is 14.4 Å². The monoisotopic (exact) mass is 1110 g/mol. The fraction of sp³-hybridized carbons (Fsp3) is 0.180. The van der Waals surface area contributed by atoms with E-state index in [0.29, 0.717) is 22.0 Å². The summed E-state index contributed by atoms with van der Waals surface area (Å²) < 4.78 is 17.2. The smallest absolute Gasteiger partial charge is 0.355 e. The average molecular weight is 1110 g/mol. The first kappa shape index (κ1) is 53.7. The number of hydrogen-bond acceptors (Lipinski definition) is 15. The molecule has 0 bridgehead atoms. The van der Waals surface area contributed by atoms with Gasteiger partial charge in [0.1, 0.15) is 40.4 Å². The lowest BCUT2D eigenvalue weighted by Gasteiger charge is -2.53. The highest BCUT2D eigenvalue weighted by Crippen LogP contribution is 2.45. The normalized spacial score (nSPS) is 17.4. The highest BCUT2D eigenvalue weighted by Gasteiger charge is 2.58. The van der Waals surface area contributed by atoms with E-state index in [4.69, 9.17) is 35.6 Å². The summed E-state index contributed by atoms with van der Waals surface area (Å²) in [6.07, 6.45) is -2.68. The number of aromatic hydroxyl groups is 2. The van der Waals surface area contributed by atoms with Crippen LogP contribution in [0.5, 0.6) is 17.2 Å². The summed E-state index contributed by atoms with van der Waals surface area (Å²) in [4.78, 5) is 70.2. The number of carbonyl (C=O) groups is 4. The number of nitrogens with zero attached hydrogens (tertiary/aromatic N) is 3. The number of alkyl halides is 1. The zero-order valence-corrected chi connectivity index (χ0v) is 44.8. The number of thioether (sulfide) groups is 1.